The molecule has 1 aliphatic rings. The van der Waals surface area contributed by atoms with E-state index in [4.69, 9.17) is 10.5 Å². The molecule has 0 bridgehead atoms. The third-order valence-corrected chi connectivity index (χ3v) is 3.47. The second-order valence-electron chi connectivity index (χ2n) is 4.97. The molecule has 2 N–H and O–H groups in total. The minimum absolute atomic E-state index is 0.546. The lowest BCUT2D eigenvalue weighted by Crippen LogP contribution is -2.31. The van der Waals surface area contributed by atoms with Gasteiger partial charge in [0.2, 0.25) is 0 Å². The van der Waals surface area contributed by atoms with Gasteiger partial charge in [0.05, 0.1) is 6.61 Å². The molecule has 1 heterocycles. The molecule has 0 saturated heterocycles. The Labute approximate surface area is 109 Å². The van der Waals surface area contributed by atoms with Crippen molar-refractivity contribution in [1.82, 2.24) is 4.98 Å². The number of nitrogens with zero attached hydrogens (tertiary/aromatic N) is 2. The summed E-state index contributed by atoms with van der Waals surface area (Å²) in [5.41, 5.74) is 10.4. The predicted molar refractivity (Wildman–Crippen MR) is 73.8 cm³/mol. The number of aryl methyl sites for hydroxylation is 2. The van der Waals surface area contributed by atoms with E-state index in [9.17, 15) is 0 Å². The van der Waals surface area contributed by atoms with E-state index in [1.165, 1.54) is 24.1 Å². The molecule has 0 radical (unpaired) electrons. The van der Waals surface area contributed by atoms with Gasteiger partial charge >= 0.3 is 0 Å². The number of aromatic nitrogens is 1. The van der Waals surface area contributed by atoms with Crippen molar-refractivity contribution in [3.8, 4) is 0 Å². The molecular formula is C14H23N3O. The number of methoxy groups -OCH3 is 1. The van der Waals surface area contributed by atoms with E-state index in [2.05, 4.69) is 16.0 Å². The first-order valence-electron chi connectivity index (χ1n) is 6.60. The molecule has 1 aromatic heterocycles. The number of rotatable bonds is 6. The van der Waals surface area contributed by atoms with Gasteiger partial charge in [0.15, 0.2) is 0 Å². The normalized spacial score (nSPS) is 14.9. The summed E-state index contributed by atoms with van der Waals surface area (Å²) in [6, 6.07) is 2.81. The van der Waals surface area contributed by atoms with Crippen molar-refractivity contribution in [3.05, 3.63) is 23.0 Å². The minimum atomic E-state index is 0.546. The SMILES string of the molecule is COCCN(c1cc(C)nc(C)c1CN)C1CC1. The van der Waals surface area contributed by atoms with E-state index >= 15 is 0 Å². The predicted octanol–water partition coefficient (Wildman–Crippen LogP) is 1.77. The lowest BCUT2D eigenvalue weighted by atomic mass is 10.1. The van der Waals surface area contributed by atoms with Gasteiger partial charge in [-0.25, -0.2) is 0 Å². The lowest BCUT2D eigenvalue weighted by Gasteiger charge is -2.27. The summed E-state index contributed by atoms with van der Waals surface area (Å²) in [5, 5.41) is 0. The molecule has 0 unspecified atom stereocenters. The van der Waals surface area contributed by atoms with Gasteiger partial charge in [-0.2, -0.15) is 0 Å². The Morgan fingerprint density at radius 2 is 2.17 bits per heavy atom. The number of hydrogen-bond donors (Lipinski definition) is 1. The number of nitrogens with two attached hydrogens (primary N) is 1. The van der Waals surface area contributed by atoms with Crippen LogP contribution in [-0.4, -0.2) is 31.3 Å². The van der Waals surface area contributed by atoms with E-state index in [1.54, 1.807) is 7.11 Å². The molecule has 0 amide bonds. The van der Waals surface area contributed by atoms with Gasteiger partial charge < -0.3 is 15.4 Å². The summed E-state index contributed by atoms with van der Waals surface area (Å²) >= 11 is 0. The molecule has 0 spiro atoms. The van der Waals surface area contributed by atoms with Crippen LogP contribution in [0.3, 0.4) is 0 Å². The van der Waals surface area contributed by atoms with Gasteiger partial charge in [-0.05, 0) is 32.8 Å². The van der Waals surface area contributed by atoms with Crippen molar-refractivity contribution >= 4 is 5.69 Å². The molecule has 1 aromatic rings. The molecular weight excluding hydrogens is 226 g/mol. The van der Waals surface area contributed by atoms with Gasteiger partial charge in [-0.15, -0.1) is 0 Å². The van der Waals surface area contributed by atoms with E-state index in [-0.39, 0.29) is 0 Å². The van der Waals surface area contributed by atoms with Crippen LogP contribution in [0.2, 0.25) is 0 Å². The fraction of sp³-hybridized carbons (Fsp3) is 0.643. The maximum atomic E-state index is 5.89. The quantitative estimate of drug-likeness (QED) is 0.835. The van der Waals surface area contributed by atoms with E-state index in [0.29, 0.717) is 12.6 Å². The molecule has 1 fully saturated rings. The standard InChI is InChI=1S/C14H23N3O/c1-10-8-14(13(9-15)11(2)16-10)17(6-7-18-3)12-4-5-12/h8,12H,4-7,9,15H2,1-3H3. The smallest absolute Gasteiger partial charge is 0.0637 e. The first-order chi connectivity index (χ1) is 8.67. The van der Waals surface area contributed by atoms with Gasteiger partial charge in [-0.1, -0.05) is 0 Å². The first kappa shape index (κ1) is 13.3. The number of hydrogen-bond acceptors (Lipinski definition) is 4. The van der Waals surface area contributed by atoms with Crippen molar-refractivity contribution in [2.45, 2.75) is 39.3 Å². The maximum absolute atomic E-state index is 5.89. The Balaban J connectivity index is 2.33. The second-order valence-corrected chi connectivity index (χ2v) is 4.97. The number of ether oxygens (including phenoxy) is 1. The first-order valence-corrected chi connectivity index (χ1v) is 6.60. The zero-order valence-electron chi connectivity index (χ0n) is 11.6. The highest BCUT2D eigenvalue weighted by Gasteiger charge is 2.30. The van der Waals surface area contributed by atoms with Crippen molar-refractivity contribution in [1.29, 1.82) is 0 Å². The fourth-order valence-electron chi connectivity index (χ4n) is 2.42. The van der Waals surface area contributed by atoms with Crippen molar-refractivity contribution in [2.75, 3.05) is 25.2 Å². The number of anilines is 1. The highest BCUT2D eigenvalue weighted by molar-refractivity contribution is 5.57. The van der Waals surface area contributed by atoms with E-state index < -0.39 is 0 Å². The van der Waals surface area contributed by atoms with E-state index in [1.807, 2.05) is 13.8 Å². The van der Waals surface area contributed by atoms with Crippen molar-refractivity contribution < 1.29 is 4.74 Å². The summed E-state index contributed by atoms with van der Waals surface area (Å²) in [4.78, 5) is 6.95. The van der Waals surface area contributed by atoms with Crippen LogP contribution in [0.15, 0.2) is 6.07 Å². The Morgan fingerprint density at radius 1 is 1.44 bits per heavy atom. The fourth-order valence-corrected chi connectivity index (χ4v) is 2.42. The molecule has 0 atom stereocenters. The summed E-state index contributed by atoms with van der Waals surface area (Å²) in [6.45, 7) is 6.31. The lowest BCUT2D eigenvalue weighted by molar-refractivity contribution is 0.205. The molecule has 4 nitrogen and oxygen atoms in total. The third kappa shape index (κ3) is 2.82. The van der Waals surface area contributed by atoms with Gasteiger partial charge in [0, 0.05) is 48.9 Å². The third-order valence-electron chi connectivity index (χ3n) is 3.47. The Bertz CT molecular complexity index is 416. The monoisotopic (exact) mass is 249 g/mol. The summed E-state index contributed by atoms with van der Waals surface area (Å²) in [6.07, 6.45) is 2.54. The molecule has 4 heteroatoms. The molecule has 1 aliphatic carbocycles. The minimum Gasteiger partial charge on any atom is -0.383 e. The zero-order chi connectivity index (χ0) is 13.1. The summed E-state index contributed by atoms with van der Waals surface area (Å²) in [7, 11) is 1.75. The van der Waals surface area contributed by atoms with Crippen molar-refractivity contribution in [2.24, 2.45) is 5.73 Å². The van der Waals surface area contributed by atoms with Gasteiger partial charge in [0.1, 0.15) is 0 Å². The van der Waals surface area contributed by atoms with Crippen LogP contribution >= 0.6 is 0 Å². The average molecular weight is 249 g/mol. The Morgan fingerprint density at radius 3 is 2.72 bits per heavy atom. The van der Waals surface area contributed by atoms with Gasteiger partial charge in [0.25, 0.3) is 0 Å². The Kier molecular flexibility index (Phi) is 4.19. The van der Waals surface area contributed by atoms with Crippen LogP contribution in [0.4, 0.5) is 5.69 Å². The highest BCUT2D eigenvalue weighted by Crippen LogP contribution is 2.34. The molecule has 100 valence electrons. The van der Waals surface area contributed by atoms with Crippen LogP contribution in [0.5, 0.6) is 0 Å². The van der Waals surface area contributed by atoms with Crippen LogP contribution in [0.1, 0.15) is 29.8 Å². The highest BCUT2D eigenvalue weighted by atomic mass is 16.5. The number of pyridine rings is 1. The molecule has 0 aliphatic heterocycles. The van der Waals surface area contributed by atoms with E-state index in [0.717, 1.165) is 24.5 Å². The summed E-state index contributed by atoms with van der Waals surface area (Å²) in [5.74, 6) is 0. The zero-order valence-corrected chi connectivity index (χ0v) is 11.6. The topological polar surface area (TPSA) is 51.4 Å². The van der Waals surface area contributed by atoms with Crippen LogP contribution in [0, 0.1) is 13.8 Å². The summed E-state index contributed by atoms with van der Waals surface area (Å²) < 4.78 is 5.22. The average Bonchev–Trinajstić information content (AvgIpc) is 3.13. The molecule has 18 heavy (non-hydrogen) atoms. The largest absolute Gasteiger partial charge is 0.383 e. The molecule has 1 saturated carbocycles. The second kappa shape index (κ2) is 5.67. The van der Waals surface area contributed by atoms with Crippen LogP contribution in [0.25, 0.3) is 0 Å². The Hall–Kier alpha value is -1.13. The van der Waals surface area contributed by atoms with Gasteiger partial charge in [-0.3, -0.25) is 4.98 Å². The molecule has 2 rings (SSSR count). The maximum Gasteiger partial charge on any atom is 0.0637 e. The van der Waals surface area contributed by atoms with Crippen LogP contribution < -0.4 is 10.6 Å². The van der Waals surface area contributed by atoms with Crippen LogP contribution in [-0.2, 0) is 11.3 Å². The molecule has 0 aromatic carbocycles. The van der Waals surface area contributed by atoms with Crippen molar-refractivity contribution in [3.63, 3.8) is 0 Å².